The number of H-pyrrole nitrogens is 1. The number of anilines is 1. The summed E-state index contributed by atoms with van der Waals surface area (Å²) in [7, 11) is 1.58. The van der Waals surface area contributed by atoms with Gasteiger partial charge in [0.05, 0.1) is 0 Å². The number of aryl methyl sites for hydroxylation is 1. The first kappa shape index (κ1) is 14.3. The summed E-state index contributed by atoms with van der Waals surface area (Å²) in [6.45, 7) is 0. The average Bonchev–Trinajstić information content (AvgIpc) is 2.96. The molecule has 1 atom stereocenters. The average molecular weight is 298 g/mol. The largest absolute Gasteiger partial charge is 0.354 e. The van der Waals surface area contributed by atoms with Crippen molar-refractivity contribution >= 4 is 17.6 Å². The van der Waals surface area contributed by atoms with Gasteiger partial charge in [-0.05, 0) is 24.3 Å². The maximum atomic E-state index is 12.0. The summed E-state index contributed by atoms with van der Waals surface area (Å²) < 4.78 is 0. The number of nitrogens with one attached hydrogen (secondary N) is 3. The van der Waals surface area contributed by atoms with Crippen molar-refractivity contribution in [3.63, 3.8) is 0 Å². The fourth-order valence-electron chi connectivity index (χ4n) is 2.88. The third-order valence-corrected chi connectivity index (χ3v) is 3.98. The fourth-order valence-corrected chi connectivity index (χ4v) is 2.88. The highest BCUT2D eigenvalue weighted by Gasteiger charge is 2.32. The first-order valence-corrected chi connectivity index (χ1v) is 7.33. The van der Waals surface area contributed by atoms with Crippen molar-refractivity contribution in [3.05, 3.63) is 47.2 Å². The molecular weight excluding hydrogens is 280 g/mol. The Bertz CT molecular complexity index is 693. The molecule has 0 saturated heterocycles. The van der Waals surface area contributed by atoms with E-state index in [0.29, 0.717) is 17.9 Å². The molecule has 2 heterocycles. The number of fused-ring (bicyclic) bond motifs is 1. The molecule has 3 rings (SSSR count). The van der Waals surface area contributed by atoms with Gasteiger partial charge in [-0.3, -0.25) is 14.7 Å². The Morgan fingerprint density at radius 2 is 2.14 bits per heavy atom. The second kappa shape index (κ2) is 6.01. The molecule has 1 aliphatic heterocycles. The topological polar surface area (TPSA) is 86.9 Å². The summed E-state index contributed by atoms with van der Waals surface area (Å²) in [6.07, 6.45) is 2.04. The summed E-state index contributed by atoms with van der Waals surface area (Å²) in [4.78, 5) is 23.8. The predicted molar refractivity (Wildman–Crippen MR) is 82.7 cm³/mol. The maximum Gasteiger partial charge on any atom is 0.269 e. The van der Waals surface area contributed by atoms with Crippen LogP contribution in [0.1, 0.15) is 40.4 Å². The van der Waals surface area contributed by atoms with Gasteiger partial charge in [0.2, 0.25) is 5.91 Å². The molecule has 0 fully saturated rings. The van der Waals surface area contributed by atoms with Gasteiger partial charge in [0.15, 0.2) is 5.82 Å². The van der Waals surface area contributed by atoms with E-state index in [-0.39, 0.29) is 17.7 Å². The van der Waals surface area contributed by atoms with Crippen LogP contribution in [0.4, 0.5) is 5.82 Å². The number of hydrogen-bond donors (Lipinski definition) is 3. The smallest absolute Gasteiger partial charge is 0.269 e. The van der Waals surface area contributed by atoms with Gasteiger partial charge in [0.25, 0.3) is 5.91 Å². The molecule has 0 aliphatic carbocycles. The van der Waals surface area contributed by atoms with Gasteiger partial charge >= 0.3 is 0 Å². The molecule has 114 valence electrons. The van der Waals surface area contributed by atoms with E-state index in [1.807, 2.05) is 18.2 Å². The predicted octanol–water partition coefficient (Wildman–Crippen LogP) is 1.83. The molecule has 3 N–H and O–H groups in total. The summed E-state index contributed by atoms with van der Waals surface area (Å²) in [6, 6.07) is 10.1. The standard InChI is InChI=1S/C16H18N4O2/c1-17-16(22)14-13-11(8-7-10-5-3-2-4-6-10)9-12(21)18-15(13)20-19-14/h2-6,11H,7-9H2,1H3,(H,17,22)(H2,18,19,20,21)/t11-/m0/s1. The molecule has 0 saturated carbocycles. The number of amides is 2. The van der Waals surface area contributed by atoms with Gasteiger partial charge in [-0.1, -0.05) is 30.3 Å². The van der Waals surface area contributed by atoms with Gasteiger partial charge in [-0.15, -0.1) is 0 Å². The van der Waals surface area contributed by atoms with Gasteiger partial charge in [-0.2, -0.15) is 5.10 Å². The number of nitrogens with zero attached hydrogens (tertiary/aromatic N) is 1. The lowest BCUT2D eigenvalue weighted by Crippen LogP contribution is -2.26. The summed E-state index contributed by atoms with van der Waals surface area (Å²) in [5.41, 5.74) is 2.48. The lowest BCUT2D eigenvalue weighted by atomic mass is 9.86. The van der Waals surface area contributed by atoms with Crippen LogP contribution < -0.4 is 10.6 Å². The Morgan fingerprint density at radius 3 is 2.86 bits per heavy atom. The molecule has 0 bridgehead atoms. The zero-order valence-corrected chi connectivity index (χ0v) is 12.3. The Hall–Kier alpha value is -2.63. The molecule has 2 amide bonds. The van der Waals surface area contributed by atoms with E-state index in [9.17, 15) is 9.59 Å². The van der Waals surface area contributed by atoms with Gasteiger partial charge < -0.3 is 10.6 Å². The SMILES string of the molecule is CNC(=O)c1[nH]nc2c1[C@@H](CCc1ccccc1)CC(=O)N2. The Morgan fingerprint density at radius 1 is 1.36 bits per heavy atom. The summed E-state index contributed by atoms with van der Waals surface area (Å²) in [5, 5.41) is 12.1. The number of benzene rings is 1. The molecule has 1 aliphatic rings. The van der Waals surface area contributed by atoms with Crippen LogP contribution in [0.15, 0.2) is 30.3 Å². The molecule has 22 heavy (non-hydrogen) atoms. The van der Waals surface area contributed by atoms with Crippen molar-refractivity contribution in [2.24, 2.45) is 0 Å². The zero-order chi connectivity index (χ0) is 15.5. The monoisotopic (exact) mass is 298 g/mol. The van der Waals surface area contributed by atoms with E-state index in [0.717, 1.165) is 18.4 Å². The zero-order valence-electron chi connectivity index (χ0n) is 12.3. The van der Waals surface area contributed by atoms with Crippen molar-refractivity contribution in [2.45, 2.75) is 25.2 Å². The fraction of sp³-hybridized carbons (Fsp3) is 0.312. The number of carbonyl (C=O) groups is 2. The van der Waals surface area contributed by atoms with Crippen molar-refractivity contribution in [3.8, 4) is 0 Å². The highest BCUT2D eigenvalue weighted by molar-refractivity contribution is 6.00. The lowest BCUT2D eigenvalue weighted by molar-refractivity contribution is -0.116. The third kappa shape index (κ3) is 2.72. The molecule has 6 nitrogen and oxygen atoms in total. The molecule has 6 heteroatoms. The highest BCUT2D eigenvalue weighted by Crippen LogP contribution is 2.36. The first-order chi connectivity index (χ1) is 10.7. The van der Waals surface area contributed by atoms with Gasteiger partial charge in [-0.25, -0.2) is 0 Å². The maximum absolute atomic E-state index is 12.0. The van der Waals surface area contributed by atoms with Crippen molar-refractivity contribution in [1.29, 1.82) is 0 Å². The second-order valence-corrected chi connectivity index (χ2v) is 5.41. The molecule has 0 unspecified atom stereocenters. The number of hydrogen-bond acceptors (Lipinski definition) is 3. The Labute approximate surface area is 128 Å². The molecule has 0 spiro atoms. The number of aromatic amines is 1. The van der Waals surface area contributed by atoms with Crippen LogP contribution in [-0.2, 0) is 11.2 Å². The molecular formula is C16H18N4O2. The van der Waals surface area contributed by atoms with Gasteiger partial charge in [0.1, 0.15) is 5.69 Å². The van der Waals surface area contributed by atoms with E-state index < -0.39 is 0 Å². The van der Waals surface area contributed by atoms with E-state index in [4.69, 9.17) is 0 Å². The normalized spacial score (nSPS) is 16.8. The number of rotatable bonds is 4. The molecule has 0 radical (unpaired) electrons. The summed E-state index contributed by atoms with van der Waals surface area (Å²) in [5.74, 6) is 0.207. The Kier molecular flexibility index (Phi) is 3.91. The van der Waals surface area contributed by atoms with Crippen molar-refractivity contribution in [2.75, 3.05) is 12.4 Å². The number of aromatic nitrogens is 2. The van der Waals surface area contributed by atoms with Crippen molar-refractivity contribution in [1.82, 2.24) is 15.5 Å². The minimum Gasteiger partial charge on any atom is -0.354 e. The van der Waals surface area contributed by atoms with Gasteiger partial charge in [0, 0.05) is 19.0 Å². The quantitative estimate of drug-likeness (QED) is 0.804. The van der Waals surface area contributed by atoms with Crippen LogP contribution in [-0.4, -0.2) is 29.1 Å². The van der Waals surface area contributed by atoms with E-state index in [1.165, 1.54) is 5.56 Å². The molecule has 1 aromatic carbocycles. The van der Waals surface area contributed by atoms with E-state index >= 15 is 0 Å². The minimum absolute atomic E-state index is 0.00462. The van der Waals surface area contributed by atoms with E-state index in [2.05, 4.69) is 33.0 Å². The molecule has 1 aromatic heterocycles. The third-order valence-electron chi connectivity index (χ3n) is 3.98. The minimum atomic E-state index is -0.213. The van der Waals surface area contributed by atoms with E-state index in [1.54, 1.807) is 7.05 Å². The number of carbonyl (C=O) groups excluding carboxylic acids is 2. The lowest BCUT2D eigenvalue weighted by Gasteiger charge is -2.22. The van der Waals surface area contributed by atoms with Crippen LogP contribution in [0.3, 0.4) is 0 Å². The van der Waals surface area contributed by atoms with Crippen LogP contribution in [0.2, 0.25) is 0 Å². The Balaban J connectivity index is 1.85. The first-order valence-electron chi connectivity index (χ1n) is 7.33. The molecule has 2 aromatic rings. The summed E-state index contributed by atoms with van der Waals surface area (Å²) >= 11 is 0. The second-order valence-electron chi connectivity index (χ2n) is 5.41. The van der Waals surface area contributed by atoms with Crippen LogP contribution in [0, 0.1) is 0 Å². The van der Waals surface area contributed by atoms with Crippen LogP contribution >= 0.6 is 0 Å². The van der Waals surface area contributed by atoms with Crippen LogP contribution in [0.5, 0.6) is 0 Å². The highest BCUT2D eigenvalue weighted by atomic mass is 16.2. The van der Waals surface area contributed by atoms with Crippen LogP contribution in [0.25, 0.3) is 0 Å². The van der Waals surface area contributed by atoms with Crippen molar-refractivity contribution < 1.29 is 9.59 Å².